The number of rotatable bonds is 7. The Morgan fingerprint density at radius 3 is 2.82 bits per heavy atom. The molecule has 1 heterocycles. The van der Waals surface area contributed by atoms with Crippen LogP contribution in [0.25, 0.3) is 0 Å². The monoisotopic (exact) mass is 241 g/mol. The van der Waals surface area contributed by atoms with E-state index in [1.807, 2.05) is 0 Å². The third kappa shape index (κ3) is 4.08. The largest absolute Gasteiger partial charge is 0.481 e. The van der Waals surface area contributed by atoms with Gasteiger partial charge in [-0.1, -0.05) is 0 Å². The lowest BCUT2D eigenvalue weighted by atomic mass is 10.2. The molecule has 0 amide bonds. The van der Waals surface area contributed by atoms with Gasteiger partial charge in [0.15, 0.2) is 5.82 Å². The zero-order valence-electron chi connectivity index (χ0n) is 10.1. The van der Waals surface area contributed by atoms with Crippen molar-refractivity contribution in [1.29, 1.82) is 0 Å². The van der Waals surface area contributed by atoms with Gasteiger partial charge in [0.1, 0.15) is 0 Å². The Bertz CT molecular complexity index is 341. The number of ether oxygens (including phenoxy) is 2. The lowest BCUT2D eigenvalue weighted by Crippen LogP contribution is -2.27. The van der Waals surface area contributed by atoms with E-state index in [4.69, 9.17) is 20.3 Å². The Hall–Kier alpha value is -1.53. The molecule has 1 unspecified atom stereocenters. The van der Waals surface area contributed by atoms with Crippen LogP contribution in [0.2, 0.25) is 0 Å². The molecule has 1 atom stereocenters. The van der Waals surface area contributed by atoms with Crippen LogP contribution in [0, 0.1) is 0 Å². The number of nitrogens with one attached hydrogen (secondary N) is 1. The van der Waals surface area contributed by atoms with Gasteiger partial charge in [-0.2, -0.15) is 4.98 Å². The first-order chi connectivity index (χ1) is 8.21. The Morgan fingerprint density at radius 1 is 1.47 bits per heavy atom. The van der Waals surface area contributed by atoms with Crippen molar-refractivity contribution in [3.8, 4) is 5.88 Å². The first-order valence-electron chi connectivity index (χ1n) is 5.38. The van der Waals surface area contributed by atoms with E-state index in [1.54, 1.807) is 26.4 Å². The van der Waals surface area contributed by atoms with E-state index in [1.165, 1.54) is 0 Å². The van der Waals surface area contributed by atoms with Gasteiger partial charge in [-0.05, 0) is 12.5 Å². The quantitative estimate of drug-likeness (QED) is 0.643. The van der Waals surface area contributed by atoms with Crippen LogP contribution < -0.4 is 15.8 Å². The Labute approximate surface area is 101 Å². The molecule has 0 saturated carbocycles. The predicted octanol–water partition coefficient (Wildman–Crippen LogP) is 0.482. The van der Waals surface area contributed by atoms with E-state index < -0.39 is 0 Å². The summed E-state index contributed by atoms with van der Waals surface area (Å²) in [6.07, 6.45) is 0.562. The van der Waals surface area contributed by atoms with Gasteiger partial charge in [-0.25, -0.2) is 0 Å². The average Bonchev–Trinajstić information content (AvgIpc) is 2.32. The number of methoxy groups -OCH3 is 2. The molecule has 0 bridgehead atoms. The fraction of sp³-hybridized carbons (Fsp3) is 0.545. The second-order valence-corrected chi connectivity index (χ2v) is 3.60. The number of aliphatic hydroxyl groups excluding tert-OH is 1. The van der Waals surface area contributed by atoms with Gasteiger partial charge in [0.2, 0.25) is 5.88 Å². The van der Waals surface area contributed by atoms with Gasteiger partial charge in [0, 0.05) is 19.8 Å². The molecule has 6 nitrogen and oxygen atoms in total. The van der Waals surface area contributed by atoms with Crippen LogP contribution >= 0.6 is 0 Å². The average molecular weight is 241 g/mol. The fourth-order valence-corrected chi connectivity index (χ4v) is 1.43. The van der Waals surface area contributed by atoms with E-state index in [2.05, 4.69) is 10.3 Å². The molecule has 0 saturated heterocycles. The number of anilines is 2. The zero-order valence-corrected chi connectivity index (χ0v) is 10.1. The summed E-state index contributed by atoms with van der Waals surface area (Å²) in [6.45, 7) is 0.545. The molecule has 0 spiro atoms. The van der Waals surface area contributed by atoms with Crippen LogP contribution in [-0.4, -0.2) is 43.6 Å². The first kappa shape index (κ1) is 13.5. The molecule has 1 aromatic rings. The van der Waals surface area contributed by atoms with Crippen molar-refractivity contribution < 1.29 is 14.6 Å². The fourth-order valence-electron chi connectivity index (χ4n) is 1.43. The molecular weight excluding hydrogens is 222 g/mol. The maximum atomic E-state index is 8.94. The summed E-state index contributed by atoms with van der Waals surface area (Å²) in [5, 5.41) is 12.1. The maximum Gasteiger partial charge on any atom is 0.215 e. The predicted molar refractivity (Wildman–Crippen MR) is 66.2 cm³/mol. The Balaban J connectivity index is 2.76. The molecule has 0 aromatic carbocycles. The number of hydrogen-bond donors (Lipinski definition) is 3. The second-order valence-electron chi connectivity index (χ2n) is 3.60. The number of hydrogen-bond acceptors (Lipinski definition) is 6. The number of aliphatic hydroxyl groups is 1. The number of nitrogens with two attached hydrogens (primary N) is 1. The standard InChI is InChI=1S/C11H19N3O3/c1-16-7-8(5-6-15)13-11-9(12)3-4-10(14-11)17-2/h3-4,8,15H,5-7,12H2,1-2H3,(H,13,14). The Morgan fingerprint density at radius 2 is 2.24 bits per heavy atom. The van der Waals surface area contributed by atoms with Crippen LogP contribution in [0.3, 0.4) is 0 Å². The van der Waals surface area contributed by atoms with Gasteiger partial charge in [-0.15, -0.1) is 0 Å². The summed E-state index contributed by atoms with van der Waals surface area (Å²) < 4.78 is 10.1. The van der Waals surface area contributed by atoms with E-state index in [9.17, 15) is 0 Å². The van der Waals surface area contributed by atoms with Crippen molar-refractivity contribution >= 4 is 11.5 Å². The first-order valence-corrected chi connectivity index (χ1v) is 5.38. The molecule has 0 aliphatic heterocycles. The highest BCUT2D eigenvalue weighted by atomic mass is 16.5. The van der Waals surface area contributed by atoms with Crippen molar-refractivity contribution in [1.82, 2.24) is 4.98 Å². The molecule has 0 fully saturated rings. The van der Waals surface area contributed by atoms with Gasteiger partial charge in [0.05, 0.1) is 25.4 Å². The number of aromatic nitrogens is 1. The Kier molecular flexibility index (Phi) is 5.51. The van der Waals surface area contributed by atoms with E-state index >= 15 is 0 Å². The molecule has 1 rings (SSSR count). The lowest BCUT2D eigenvalue weighted by molar-refractivity contribution is 0.170. The van der Waals surface area contributed by atoms with Gasteiger partial charge >= 0.3 is 0 Å². The summed E-state index contributed by atoms with van der Waals surface area (Å²) >= 11 is 0. The van der Waals surface area contributed by atoms with Crippen LogP contribution in [-0.2, 0) is 4.74 Å². The lowest BCUT2D eigenvalue weighted by Gasteiger charge is -2.18. The number of nitrogen functional groups attached to an aromatic ring is 1. The molecule has 0 aliphatic rings. The third-order valence-corrected chi connectivity index (χ3v) is 2.30. The van der Waals surface area contributed by atoms with Crippen molar-refractivity contribution in [2.75, 3.05) is 38.5 Å². The molecule has 0 radical (unpaired) electrons. The summed E-state index contributed by atoms with van der Waals surface area (Å²) in [4.78, 5) is 4.20. The maximum absolute atomic E-state index is 8.94. The smallest absolute Gasteiger partial charge is 0.215 e. The topological polar surface area (TPSA) is 89.6 Å². The molecule has 17 heavy (non-hydrogen) atoms. The molecule has 6 heteroatoms. The zero-order chi connectivity index (χ0) is 12.7. The normalized spacial score (nSPS) is 12.2. The molecule has 96 valence electrons. The van der Waals surface area contributed by atoms with Crippen molar-refractivity contribution in [3.05, 3.63) is 12.1 Å². The molecule has 4 N–H and O–H groups in total. The van der Waals surface area contributed by atoms with Gasteiger partial charge in [-0.3, -0.25) is 0 Å². The van der Waals surface area contributed by atoms with Crippen molar-refractivity contribution in [2.45, 2.75) is 12.5 Å². The molecule has 0 aliphatic carbocycles. The van der Waals surface area contributed by atoms with E-state index in [-0.39, 0.29) is 12.6 Å². The van der Waals surface area contributed by atoms with E-state index in [0.29, 0.717) is 30.4 Å². The minimum atomic E-state index is -0.0353. The summed E-state index contributed by atoms with van der Waals surface area (Å²) in [5.74, 6) is 1.03. The summed E-state index contributed by atoms with van der Waals surface area (Å²) in [5.41, 5.74) is 6.33. The van der Waals surface area contributed by atoms with Crippen molar-refractivity contribution in [2.24, 2.45) is 0 Å². The minimum absolute atomic E-state index is 0.0353. The molecule has 1 aromatic heterocycles. The van der Waals surface area contributed by atoms with Crippen molar-refractivity contribution in [3.63, 3.8) is 0 Å². The SMILES string of the molecule is COCC(CCO)Nc1nc(OC)ccc1N. The highest BCUT2D eigenvalue weighted by Crippen LogP contribution is 2.20. The van der Waals surface area contributed by atoms with Gasteiger partial charge < -0.3 is 25.6 Å². The van der Waals surface area contributed by atoms with Crippen LogP contribution in [0.15, 0.2) is 12.1 Å². The summed E-state index contributed by atoms with van der Waals surface area (Å²) in [7, 11) is 3.15. The highest BCUT2D eigenvalue weighted by Gasteiger charge is 2.11. The van der Waals surface area contributed by atoms with Gasteiger partial charge in [0.25, 0.3) is 0 Å². The van der Waals surface area contributed by atoms with Crippen LogP contribution in [0.4, 0.5) is 11.5 Å². The van der Waals surface area contributed by atoms with Crippen LogP contribution in [0.5, 0.6) is 5.88 Å². The highest BCUT2D eigenvalue weighted by molar-refractivity contribution is 5.62. The summed E-state index contributed by atoms with van der Waals surface area (Å²) in [6, 6.07) is 3.38. The van der Waals surface area contributed by atoms with Crippen LogP contribution in [0.1, 0.15) is 6.42 Å². The molecular formula is C11H19N3O3. The number of nitrogens with zero attached hydrogens (tertiary/aromatic N) is 1. The van der Waals surface area contributed by atoms with E-state index in [0.717, 1.165) is 0 Å². The third-order valence-electron chi connectivity index (χ3n) is 2.30. The second kappa shape index (κ2) is 6.93. The number of pyridine rings is 1. The minimum Gasteiger partial charge on any atom is -0.481 e.